The van der Waals surface area contributed by atoms with Gasteiger partial charge in [-0.1, -0.05) is 29.8 Å². The standard InChI is InChI=1S/C14H15ClN2/c1-17-14-5-3-2-4-12(14)13(16-17)9-10-6-7-11(15)8-10/h2-5,8,11H,6-7,9H2,1H3. The topological polar surface area (TPSA) is 17.8 Å². The van der Waals surface area contributed by atoms with Gasteiger partial charge in [0.25, 0.3) is 0 Å². The lowest BCUT2D eigenvalue weighted by atomic mass is 10.1. The van der Waals surface area contributed by atoms with Gasteiger partial charge in [-0.3, -0.25) is 4.68 Å². The van der Waals surface area contributed by atoms with E-state index in [1.807, 2.05) is 11.7 Å². The summed E-state index contributed by atoms with van der Waals surface area (Å²) in [5.41, 5.74) is 3.79. The molecular weight excluding hydrogens is 232 g/mol. The maximum absolute atomic E-state index is 6.09. The Labute approximate surface area is 106 Å². The van der Waals surface area contributed by atoms with Gasteiger partial charge in [-0.05, 0) is 18.9 Å². The smallest absolute Gasteiger partial charge is 0.0743 e. The van der Waals surface area contributed by atoms with Crippen LogP contribution in [0.2, 0.25) is 0 Å². The van der Waals surface area contributed by atoms with Crippen molar-refractivity contribution in [3.05, 3.63) is 41.6 Å². The molecule has 0 saturated heterocycles. The predicted octanol–water partition coefficient (Wildman–Crippen LogP) is 3.44. The molecule has 0 N–H and O–H groups in total. The van der Waals surface area contributed by atoms with Gasteiger partial charge in [0.2, 0.25) is 0 Å². The van der Waals surface area contributed by atoms with Crippen LogP contribution < -0.4 is 0 Å². The maximum atomic E-state index is 6.09. The molecular formula is C14H15ClN2. The van der Waals surface area contributed by atoms with Crippen molar-refractivity contribution in [1.29, 1.82) is 0 Å². The Morgan fingerprint density at radius 3 is 3.00 bits per heavy atom. The Morgan fingerprint density at radius 2 is 2.24 bits per heavy atom. The number of aryl methyl sites for hydroxylation is 1. The zero-order valence-electron chi connectivity index (χ0n) is 9.86. The van der Waals surface area contributed by atoms with Crippen molar-refractivity contribution in [2.24, 2.45) is 7.05 Å². The van der Waals surface area contributed by atoms with Crippen LogP contribution in [0.4, 0.5) is 0 Å². The Hall–Kier alpha value is -1.28. The molecule has 1 aliphatic rings. The monoisotopic (exact) mass is 246 g/mol. The van der Waals surface area contributed by atoms with Crippen LogP contribution in [-0.4, -0.2) is 15.2 Å². The number of para-hydroxylation sites is 1. The van der Waals surface area contributed by atoms with E-state index in [1.54, 1.807) is 0 Å². The number of nitrogens with zero attached hydrogens (tertiary/aromatic N) is 2. The fourth-order valence-corrected chi connectivity index (χ4v) is 2.81. The third-order valence-electron chi connectivity index (χ3n) is 3.39. The van der Waals surface area contributed by atoms with Crippen molar-refractivity contribution in [1.82, 2.24) is 9.78 Å². The molecule has 0 aliphatic heterocycles. The van der Waals surface area contributed by atoms with E-state index in [0.29, 0.717) is 0 Å². The number of allylic oxidation sites excluding steroid dienone is 2. The molecule has 0 fully saturated rings. The molecule has 88 valence electrons. The van der Waals surface area contributed by atoms with Crippen LogP contribution in [0.3, 0.4) is 0 Å². The normalized spacial score (nSPS) is 19.9. The van der Waals surface area contributed by atoms with Gasteiger partial charge in [0.15, 0.2) is 0 Å². The third-order valence-corrected chi connectivity index (χ3v) is 3.73. The molecule has 1 aliphatic carbocycles. The van der Waals surface area contributed by atoms with Gasteiger partial charge in [-0.25, -0.2) is 0 Å². The number of aromatic nitrogens is 2. The minimum absolute atomic E-state index is 0.222. The Bertz CT molecular complexity index is 583. The van der Waals surface area contributed by atoms with E-state index < -0.39 is 0 Å². The van der Waals surface area contributed by atoms with Crippen molar-refractivity contribution in [2.75, 3.05) is 0 Å². The quantitative estimate of drug-likeness (QED) is 0.586. The highest BCUT2D eigenvalue weighted by Crippen LogP contribution is 2.27. The van der Waals surface area contributed by atoms with E-state index in [-0.39, 0.29) is 5.38 Å². The maximum Gasteiger partial charge on any atom is 0.0743 e. The van der Waals surface area contributed by atoms with Crippen molar-refractivity contribution in [2.45, 2.75) is 24.6 Å². The van der Waals surface area contributed by atoms with Gasteiger partial charge >= 0.3 is 0 Å². The number of rotatable bonds is 2. The SMILES string of the molecule is Cn1nc(CC2=CC(Cl)CC2)c2ccccc21. The van der Waals surface area contributed by atoms with Gasteiger partial charge in [0.1, 0.15) is 0 Å². The largest absolute Gasteiger partial charge is 0.268 e. The average Bonchev–Trinajstić information content (AvgIpc) is 2.86. The predicted molar refractivity (Wildman–Crippen MR) is 71.4 cm³/mol. The lowest BCUT2D eigenvalue weighted by molar-refractivity contribution is 0.768. The van der Waals surface area contributed by atoms with E-state index in [9.17, 15) is 0 Å². The molecule has 1 aromatic heterocycles. The number of halogens is 1. The summed E-state index contributed by atoms with van der Waals surface area (Å²) in [4.78, 5) is 0. The lowest BCUT2D eigenvalue weighted by Gasteiger charge is -1.98. The molecule has 0 radical (unpaired) electrons. The summed E-state index contributed by atoms with van der Waals surface area (Å²) in [6.07, 6.45) is 5.30. The third kappa shape index (κ3) is 1.98. The molecule has 0 bridgehead atoms. The summed E-state index contributed by atoms with van der Waals surface area (Å²) < 4.78 is 1.96. The van der Waals surface area contributed by atoms with Gasteiger partial charge in [-0.2, -0.15) is 5.10 Å². The van der Waals surface area contributed by atoms with E-state index in [4.69, 9.17) is 11.6 Å². The summed E-state index contributed by atoms with van der Waals surface area (Å²) >= 11 is 6.09. The van der Waals surface area contributed by atoms with Crippen LogP contribution in [-0.2, 0) is 13.5 Å². The van der Waals surface area contributed by atoms with Crippen molar-refractivity contribution in [3.8, 4) is 0 Å². The molecule has 3 rings (SSSR count). The van der Waals surface area contributed by atoms with Crippen LogP contribution in [0.1, 0.15) is 18.5 Å². The first-order chi connectivity index (χ1) is 8.24. The molecule has 2 aromatic rings. The lowest BCUT2D eigenvalue weighted by Crippen LogP contribution is -1.93. The summed E-state index contributed by atoms with van der Waals surface area (Å²) in [6, 6.07) is 8.38. The van der Waals surface area contributed by atoms with Crippen LogP contribution >= 0.6 is 11.6 Å². The van der Waals surface area contributed by atoms with Gasteiger partial charge < -0.3 is 0 Å². The summed E-state index contributed by atoms with van der Waals surface area (Å²) in [5.74, 6) is 0. The fourth-order valence-electron chi connectivity index (χ4n) is 2.53. The summed E-state index contributed by atoms with van der Waals surface area (Å²) in [5, 5.41) is 6.09. The second kappa shape index (κ2) is 4.19. The highest BCUT2D eigenvalue weighted by molar-refractivity contribution is 6.22. The molecule has 3 heteroatoms. The van der Waals surface area contributed by atoms with E-state index in [2.05, 4.69) is 35.4 Å². The van der Waals surface area contributed by atoms with Gasteiger partial charge in [0.05, 0.1) is 16.6 Å². The second-order valence-electron chi connectivity index (χ2n) is 4.64. The first kappa shape index (κ1) is 10.8. The molecule has 1 atom stereocenters. The van der Waals surface area contributed by atoms with E-state index in [1.165, 1.54) is 22.2 Å². The molecule has 1 aromatic carbocycles. The highest BCUT2D eigenvalue weighted by Gasteiger charge is 2.16. The minimum Gasteiger partial charge on any atom is -0.268 e. The number of fused-ring (bicyclic) bond motifs is 1. The molecule has 1 heterocycles. The summed E-state index contributed by atoms with van der Waals surface area (Å²) in [6.45, 7) is 0. The fraction of sp³-hybridized carbons (Fsp3) is 0.357. The van der Waals surface area contributed by atoms with Crippen molar-refractivity contribution < 1.29 is 0 Å². The Kier molecular flexibility index (Phi) is 2.67. The molecule has 17 heavy (non-hydrogen) atoms. The summed E-state index contributed by atoms with van der Waals surface area (Å²) in [7, 11) is 2.00. The minimum atomic E-state index is 0.222. The van der Waals surface area contributed by atoms with Gasteiger partial charge in [0, 0.05) is 18.9 Å². The Morgan fingerprint density at radius 1 is 1.41 bits per heavy atom. The van der Waals surface area contributed by atoms with Crippen molar-refractivity contribution in [3.63, 3.8) is 0 Å². The van der Waals surface area contributed by atoms with Crippen LogP contribution in [0.5, 0.6) is 0 Å². The first-order valence-electron chi connectivity index (χ1n) is 5.98. The van der Waals surface area contributed by atoms with E-state index >= 15 is 0 Å². The molecule has 0 spiro atoms. The first-order valence-corrected chi connectivity index (χ1v) is 6.42. The number of benzene rings is 1. The molecule has 0 amide bonds. The molecule has 0 saturated carbocycles. The van der Waals surface area contributed by atoms with Crippen molar-refractivity contribution >= 4 is 22.5 Å². The number of hydrogen-bond acceptors (Lipinski definition) is 1. The second-order valence-corrected chi connectivity index (χ2v) is 5.20. The van der Waals surface area contributed by atoms with Crippen LogP contribution in [0.25, 0.3) is 10.9 Å². The zero-order valence-corrected chi connectivity index (χ0v) is 10.6. The van der Waals surface area contributed by atoms with Crippen LogP contribution in [0, 0.1) is 0 Å². The van der Waals surface area contributed by atoms with Crippen LogP contribution in [0.15, 0.2) is 35.9 Å². The molecule has 2 nitrogen and oxygen atoms in total. The number of alkyl halides is 1. The highest BCUT2D eigenvalue weighted by atomic mass is 35.5. The van der Waals surface area contributed by atoms with Gasteiger partial charge in [-0.15, -0.1) is 11.6 Å². The molecule has 1 unspecified atom stereocenters. The number of hydrogen-bond donors (Lipinski definition) is 0. The Balaban J connectivity index is 1.98. The zero-order chi connectivity index (χ0) is 11.8. The van der Waals surface area contributed by atoms with E-state index in [0.717, 1.165) is 19.3 Å². The average molecular weight is 247 g/mol.